The molecule has 0 bridgehead atoms. The van der Waals surface area contributed by atoms with E-state index in [2.05, 4.69) is 63.6 Å². The summed E-state index contributed by atoms with van der Waals surface area (Å²) in [5.74, 6) is 0. The van der Waals surface area contributed by atoms with Gasteiger partial charge in [-0.3, -0.25) is 0 Å². The van der Waals surface area contributed by atoms with Gasteiger partial charge in [-0.15, -0.1) is 0 Å². The minimum atomic E-state index is 1.10. The van der Waals surface area contributed by atoms with Gasteiger partial charge in [-0.05, 0) is 53.0 Å². The second-order valence-electron chi connectivity index (χ2n) is 3.04. The molecule has 0 unspecified atom stereocenters. The van der Waals surface area contributed by atoms with E-state index in [-0.39, 0.29) is 0 Å². The van der Waals surface area contributed by atoms with Gasteiger partial charge in [-0.1, -0.05) is 41.1 Å². The van der Waals surface area contributed by atoms with Crippen molar-refractivity contribution in [1.82, 2.24) is 0 Å². The van der Waals surface area contributed by atoms with Crippen LogP contribution >= 0.6 is 38.5 Å². The average Bonchev–Trinajstić information content (AvgIpc) is 2.16. The number of hydrogen-bond acceptors (Lipinski definition) is 0. The first-order valence-electron chi connectivity index (χ1n) is 4.61. The standard InChI is InChI=1S/C11H14BrI/c1-2-9-5-3-6-10(11(9)13)7-4-8-12/h3,5-6H,2,4,7-8H2,1H3. The van der Waals surface area contributed by atoms with Crippen molar-refractivity contribution in [3.8, 4) is 0 Å². The highest BCUT2D eigenvalue weighted by Crippen LogP contribution is 2.19. The van der Waals surface area contributed by atoms with E-state index in [4.69, 9.17) is 0 Å². The zero-order chi connectivity index (χ0) is 9.68. The molecular weight excluding hydrogens is 339 g/mol. The Balaban J connectivity index is 2.81. The lowest BCUT2D eigenvalue weighted by molar-refractivity contribution is 0.926. The van der Waals surface area contributed by atoms with Crippen LogP contribution in [-0.2, 0) is 12.8 Å². The Kier molecular flexibility index (Phi) is 5.32. The zero-order valence-electron chi connectivity index (χ0n) is 7.82. The SMILES string of the molecule is CCc1cccc(CCCBr)c1I. The summed E-state index contributed by atoms with van der Waals surface area (Å²) in [6, 6.07) is 6.63. The fourth-order valence-electron chi connectivity index (χ4n) is 1.36. The van der Waals surface area contributed by atoms with Crippen LogP contribution < -0.4 is 0 Å². The highest BCUT2D eigenvalue weighted by molar-refractivity contribution is 14.1. The van der Waals surface area contributed by atoms with Crippen LogP contribution in [0.4, 0.5) is 0 Å². The second kappa shape index (κ2) is 6.02. The van der Waals surface area contributed by atoms with Gasteiger partial charge in [-0.2, -0.15) is 0 Å². The van der Waals surface area contributed by atoms with Gasteiger partial charge in [0.2, 0.25) is 0 Å². The van der Waals surface area contributed by atoms with Gasteiger partial charge in [0.05, 0.1) is 0 Å². The molecule has 0 saturated carbocycles. The lowest BCUT2D eigenvalue weighted by Gasteiger charge is -2.07. The molecule has 0 amide bonds. The lowest BCUT2D eigenvalue weighted by atomic mass is 10.1. The van der Waals surface area contributed by atoms with E-state index in [0.717, 1.165) is 11.8 Å². The van der Waals surface area contributed by atoms with E-state index in [1.54, 1.807) is 0 Å². The first-order valence-corrected chi connectivity index (χ1v) is 6.81. The van der Waals surface area contributed by atoms with Crippen molar-refractivity contribution >= 4 is 38.5 Å². The molecule has 0 heterocycles. The molecule has 2 heteroatoms. The van der Waals surface area contributed by atoms with Crippen LogP contribution in [-0.4, -0.2) is 5.33 Å². The fraction of sp³-hybridized carbons (Fsp3) is 0.455. The largest absolute Gasteiger partial charge is 0.0928 e. The van der Waals surface area contributed by atoms with Crippen LogP contribution in [0.15, 0.2) is 18.2 Å². The molecule has 72 valence electrons. The Bertz CT molecular complexity index is 271. The van der Waals surface area contributed by atoms with Gasteiger partial charge < -0.3 is 0 Å². The summed E-state index contributed by atoms with van der Waals surface area (Å²) >= 11 is 5.93. The summed E-state index contributed by atoms with van der Waals surface area (Å²) in [5, 5.41) is 1.10. The molecule has 0 spiro atoms. The minimum Gasteiger partial charge on any atom is -0.0928 e. The molecule has 1 aromatic rings. The van der Waals surface area contributed by atoms with Crippen LogP contribution in [0.2, 0.25) is 0 Å². The number of benzene rings is 1. The van der Waals surface area contributed by atoms with Crippen molar-refractivity contribution in [3.05, 3.63) is 32.9 Å². The predicted octanol–water partition coefficient (Wildman–Crippen LogP) is 4.18. The Labute approximate surface area is 102 Å². The van der Waals surface area contributed by atoms with Gasteiger partial charge in [0.1, 0.15) is 0 Å². The molecule has 0 aliphatic heterocycles. The number of hydrogen-bond donors (Lipinski definition) is 0. The number of alkyl halides is 1. The zero-order valence-corrected chi connectivity index (χ0v) is 11.6. The summed E-state index contributed by atoms with van der Waals surface area (Å²) in [6.45, 7) is 2.21. The summed E-state index contributed by atoms with van der Waals surface area (Å²) in [6.07, 6.45) is 3.56. The maximum absolute atomic E-state index is 3.46. The Morgan fingerprint density at radius 2 is 2.00 bits per heavy atom. The quantitative estimate of drug-likeness (QED) is 0.563. The van der Waals surface area contributed by atoms with Crippen molar-refractivity contribution < 1.29 is 0 Å². The average molecular weight is 353 g/mol. The molecule has 0 saturated heterocycles. The van der Waals surface area contributed by atoms with Crippen LogP contribution in [0.5, 0.6) is 0 Å². The maximum atomic E-state index is 3.46. The van der Waals surface area contributed by atoms with E-state index in [1.165, 1.54) is 27.5 Å². The van der Waals surface area contributed by atoms with Gasteiger partial charge in [0.25, 0.3) is 0 Å². The lowest BCUT2D eigenvalue weighted by Crippen LogP contribution is -1.94. The van der Waals surface area contributed by atoms with Gasteiger partial charge in [0, 0.05) is 8.90 Å². The fourth-order valence-corrected chi connectivity index (χ4v) is 2.65. The summed E-state index contributed by atoms with van der Waals surface area (Å²) in [4.78, 5) is 0. The molecule has 0 aromatic heterocycles. The van der Waals surface area contributed by atoms with E-state index in [1.807, 2.05) is 0 Å². The van der Waals surface area contributed by atoms with E-state index in [9.17, 15) is 0 Å². The molecule has 13 heavy (non-hydrogen) atoms. The van der Waals surface area contributed by atoms with Crippen LogP contribution in [0.1, 0.15) is 24.5 Å². The van der Waals surface area contributed by atoms with Gasteiger partial charge >= 0.3 is 0 Å². The van der Waals surface area contributed by atoms with Crippen molar-refractivity contribution in [3.63, 3.8) is 0 Å². The third kappa shape index (κ3) is 3.24. The molecule has 0 radical (unpaired) electrons. The third-order valence-electron chi connectivity index (χ3n) is 2.12. The highest BCUT2D eigenvalue weighted by Gasteiger charge is 2.02. The second-order valence-corrected chi connectivity index (χ2v) is 4.91. The predicted molar refractivity (Wildman–Crippen MR) is 70.7 cm³/mol. The molecule has 1 aromatic carbocycles. The first kappa shape index (κ1) is 11.5. The number of rotatable bonds is 4. The summed E-state index contributed by atoms with van der Waals surface area (Å²) in [7, 11) is 0. The van der Waals surface area contributed by atoms with Crippen LogP contribution in [0.25, 0.3) is 0 Å². The van der Waals surface area contributed by atoms with E-state index >= 15 is 0 Å². The molecular formula is C11H14BrI. The Hall–Kier alpha value is 0.430. The Morgan fingerprint density at radius 1 is 1.31 bits per heavy atom. The van der Waals surface area contributed by atoms with Crippen molar-refractivity contribution in [1.29, 1.82) is 0 Å². The molecule has 0 nitrogen and oxygen atoms in total. The number of halogens is 2. The topological polar surface area (TPSA) is 0 Å². The maximum Gasteiger partial charge on any atom is 0.0194 e. The third-order valence-corrected chi connectivity index (χ3v) is 4.07. The summed E-state index contributed by atoms with van der Waals surface area (Å²) < 4.78 is 1.46. The minimum absolute atomic E-state index is 1.10. The Morgan fingerprint density at radius 3 is 2.62 bits per heavy atom. The highest BCUT2D eigenvalue weighted by atomic mass is 127. The number of aryl methyl sites for hydroxylation is 2. The molecule has 0 fully saturated rings. The summed E-state index contributed by atoms with van der Waals surface area (Å²) in [5.41, 5.74) is 2.98. The van der Waals surface area contributed by atoms with Crippen molar-refractivity contribution in [2.75, 3.05) is 5.33 Å². The van der Waals surface area contributed by atoms with Gasteiger partial charge in [-0.25, -0.2) is 0 Å². The normalized spacial score (nSPS) is 10.4. The monoisotopic (exact) mass is 352 g/mol. The molecule has 1 rings (SSSR count). The molecule has 0 N–H and O–H groups in total. The molecule has 0 aliphatic carbocycles. The first-order chi connectivity index (χ1) is 6.29. The van der Waals surface area contributed by atoms with Gasteiger partial charge in [0.15, 0.2) is 0 Å². The smallest absolute Gasteiger partial charge is 0.0194 e. The van der Waals surface area contributed by atoms with Crippen LogP contribution in [0.3, 0.4) is 0 Å². The van der Waals surface area contributed by atoms with Crippen molar-refractivity contribution in [2.45, 2.75) is 26.2 Å². The van der Waals surface area contributed by atoms with E-state index < -0.39 is 0 Å². The van der Waals surface area contributed by atoms with E-state index in [0.29, 0.717) is 0 Å². The van der Waals surface area contributed by atoms with Crippen LogP contribution in [0, 0.1) is 3.57 Å². The van der Waals surface area contributed by atoms with Crippen molar-refractivity contribution in [2.24, 2.45) is 0 Å². The molecule has 0 aliphatic rings. The molecule has 0 atom stereocenters.